The van der Waals surface area contributed by atoms with E-state index in [1.807, 2.05) is 43.3 Å². The number of pyridine rings is 1. The Kier molecular flexibility index (Phi) is 5.59. The number of aromatic nitrogens is 5. The molecule has 0 fully saturated rings. The number of amides is 1. The molecular weight excluding hydrogens is 440 g/mol. The number of benzene rings is 1. The molecule has 0 spiro atoms. The van der Waals surface area contributed by atoms with Crippen molar-refractivity contribution in [2.75, 3.05) is 0 Å². The fourth-order valence-electron chi connectivity index (χ4n) is 4.21. The summed E-state index contributed by atoms with van der Waals surface area (Å²) in [5, 5.41) is 7.38. The van der Waals surface area contributed by atoms with E-state index in [1.165, 1.54) is 4.40 Å². The van der Waals surface area contributed by atoms with Gasteiger partial charge >= 0.3 is 0 Å². The summed E-state index contributed by atoms with van der Waals surface area (Å²) < 4.78 is 3.08. The number of carbonyl (C=O) groups excluding carboxylic acids is 1. The van der Waals surface area contributed by atoms with Gasteiger partial charge in [0.15, 0.2) is 5.65 Å². The van der Waals surface area contributed by atoms with Crippen LogP contribution in [0.15, 0.2) is 71.8 Å². The number of aryl methyl sites for hydroxylation is 1. The normalized spacial score (nSPS) is 11.7. The predicted molar refractivity (Wildman–Crippen MR) is 133 cm³/mol. The largest absolute Gasteiger partial charge is 0.344 e. The Morgan fingerprint density at radius 1 is 1.09 bits per heavy atom. The van der Waals surface area contributed by atoms with E-state index in [4.69, 9.17) is 4.98 Å². The lowest BCUT2D eigenvalue weighted by Gasteiger charge is -2.18. The van der Waals surface area contributed by atoms with E-state index < -0.39 is 6.04 Å². The van der Waals surface area contributed by atoms with Crippen molar-refractivity contribution >= 4 is 17.2 Å². The highest BCUT2D eigenvalue weighted by molar-refractivity contribution is 6.01. The molecule has 0 aliphatic rings. The van der Waals surface area contributed by atoms with E-state index in [9.17, 15) is 9.59 Å². The van der Waals surface area contributed by atoms with Gasteiger partial charge in [0.05, 0.1) is 23.0 Å². The van der Waals surface area contributed by atoms with Crippen LogP contribution in [-0.4, -0.2) is 29.9 Å². The lowest BCUT2D eigenvalue weighted by Crippen LogP contribution is -2.31. The Hall–Kier alpha value is -4.77. The third-order valence-electron chi connectivity index (χ3n) is 5.75. The zero-order valence-electron chi connectivity index (χ0n) is 19.5. The van der Waals surface area contributed by atoms with Crippen LogP contribution in [0.4, 0.5) is 0 Å². The zero-order chi connectivity index (χ0) is 24.5. The first-order valence-electron chi connectivity index (χ1n) is 11.1. The molecule has 4 aromatic heterocycles. The molecule has 0 aliphatic carbocycles. The minimum absolute atomic E-state index is 0.246. The summed E-state index contributed by atoms with van der Waals surface area (Å²) in [5.41, 5.74) is 3.77. The van der Waals surface area contributed by atoms with Crippen LogP contribution in [0.2, 0.25) is 0 Å². The number of hydrogen-bond donors (Lipinski definition) is 1. The molecule has 4 heterocycles. The Morgan fingerprint density at radius 2 is 1.89 bits per heavy atom. The van der Waals surface area contributed by atoms with Crippen molar-refractivity contribution in [2.24, 2.45) is 0 Å². The highest BCUT2D eigenvalue weighted by Gasteiger charge is 2.25. The Bertz CT molecular complexity index is 1710. The van der Waals surface area contributed by atoms with Gasteiger partial charge in [-0.3, -0.25) is 14.0 Å². The Balaban J connectivity index is 1.66. The second-order valence-electron chi connectivity index (χ2n) is 8.07. The van der Waals surface area contributed by atoms with E-state index in [-0.39, 0.29) is 11.5 Å². The standard InChI is InChI=1S/C27H22N6O2/c1-4-10-20-13-8-14-21-30-24(23(27(35)33(20)21)19-11-6-5-7-12-19)18(3)29-26(34)22-17(2)31-32-16-9-15-28-25(22)32/h5-9,11-16,18H,1-3H3,(H,29,34)/t18-/m0/s1. The molecule has 35 heavy (non-hydrogen) atoms. The first-order valence-corrected chi connectivity index (χ1v) is 11.1. The van der Waals surface area contributed by atoms with Gasteiger partial charge in [-0.25, -0.2) is 14.5 Å². The van der Waals surface area contributed by atoms with Crippen molar-refractivity contribution in [3.63, 3.8) is 0 Å². The summed E-state index contributed by atoms with van der Waals surface area (Å²) in [5.74, 6) is 5.50. The Morgan fingerprint density at radius 3 is 2.66 bits per heavy atom. The van der Waals surface area contributed by atoms with Gasteiger partial charge in [0.1, 0.15) is 16.9 Å². The predicted octanol–water partition coefficient (Wildman–Crippen LogP) is 3.58. The van der Waals surface area contributed by atoms with E-state index in [0.717, 1.165) is 0 Å². The molecule has 5 rings (SSSR count). The van der Waals surface area contributed by atoms with Crippen molar-refractivity contribution in [3.8, 4) is 23.0 Å². The third kappa shape index (κ3) is 3.83. The van der Waals surface area contributed by atoms with Gasteiger partial charge in [0.2, 0.25) is 0 Å². The summed E-state index contributed by atoms with van der Waals surface area (Å²) in [6.07, 6.45) is 3.36. The first-order chi connectivity index (χ1) is 17.0. The van der Waals surface area contributed by atoms with Gasteiger partial charge in [-0.2, -0.15) is 5.10 Å². The second kappa shape index (κ2) is 8.88. The molecule has 0 radical (unpaired) electrons. The number of hydrogen-bond acceptors (Lipinski definition) is 5. The first kappa shape index (κ1) is 22.0. The molecule has 0 saturated carbocycles. The molecule has 8 heteroatoms. The van der Waals surface area contributed by atoms with Crippen LogP contribution in [-0.2, 0) is 0 Å². The molecular formula is C27H22N6O2. The van der Waals surface area contributed by atoms with Crippen LogP contribution in [0, 0.1) is 18.8 Å². The average molecular weight is 463 g/mol. The highest BCUT2D eigenvalue weighted by Crippen LogP contribution is 2.25. The number of carbonyl (C=O) groups is 1. The summed E-state index contributed by atoms with van der Waals surface area (Å²) >= 11 is 0. The molecule has 1 N–H and O–H groups in total. The average Bonchev–Trinajstić information content (AvgIpc) is 3.20. The summed E-state index contributed by atoms with van der Waals surface area (Å²) in [6, 6.07) is 15.9. The minimum Gasteiger partial charge on any atom is -0.344 e. The van der Waals surface area contributed by atoms with Gasteiger partial charge in [-0.15, -0.1) is 0 Å². The van der Waals surface area contributed by atoms with Crippen molar-refractivity contribution < 1.29 is 4.79 Å². The molecule has 172 valence electrons. The molecule has 8 nitrogen and oxygen atoms in total. The monoisotopic (exact) mass is 462 g/mol. The number of nitrogens with one attached hydrogen (secondary N) is 1. The van der Waals surface area contributed by atoms with E-state index >= 15 is 0 Å². The minimum atomic E-state index is -0.575. The van der Waals surface area contributed by atoms with Crippen LogP contribution in [0.1, 0.15) is 47.3 Å². The van der Waals surface area contributed by atoms with Gasteiger partial charge in [-0.1, -0.05) is 42.3 Å². The topological polar surface area (TPSA) is 93.7 Å². The van der Waals surface area contributed by atoms with Crippen molar-refractivity contribution in [3.05, 3.63) is 100.0 Å². The number of rotatable bonds is 4. The second-order valence-corrected chi connectivity index (χ2v) is 8.07. The van der Waals surface area contributed by atoms with Crippen LogP contribution in [0.5, 0.6) is 0 Å². The van der Waals surface area contributed by atoms with Crippen molar-refractivity contribution in [2.45, 2.75) is 26.8 Å². The molecule has 1 aromatic carbocycles. The lowest BCUT2D eigenvalue weighted by atomic mass is 10.0. The highest BCUT2D eigenvalue weighted by atomic mass is 16.2. The Labute approximate surface area is 201 Å². The maximum absolute atomic E-state index is 13.8. The van der Waals surface area contributed by atoms with Gasteiger partial charge in [0.25, 0.3) is 11.5 Å². The fourth-order valence-corrected chi connectivity index (χ4v) is 4.21. The summed E-state index contributed by atoms with van der Waals surface area (Å²) in [6.45, 7) is 5.30. The van der Waals surface area contributed by atoms with E-state index in [2.05, 4.69) is 27.2 Å². The quantitative estimate of drug-likeness (QED) is 0.412. The smallest absolute Gasteiger partial charge is 0.267 e. The zero-order valence-corrected chi connectivity index (χ0v) is 19.5. The fraction of sp³-hybridized carbons (Fsp3) is 0.148. The maximum atomic E-state index is 13.8. The number of nitrogens with zero attached hydrogens (tertiary/aromatic N) is 5. The van der Waals surface area contributed by atoms with E-state index in [1.54, 1.807) is 49.0 Å². The van der Waals surface area contributed by atoms with Crippen LogP contribution in [0.3, 0.4) is 0 Å². The molecule has 1 amide bonds. The molecule has 0 unspecified atom stereocenters. The maximum Gasteiger partial charge on any atom is 0.267 e. The molecule has 1 atom stereocenters. The molecule has 0 saturated heterocycles. The van der Waals surface area contributed by atoms with Gasteiger partial charge in [-0.05, 0) is 50.5 Å². The summed E-state index contributed by atoms with van der Waals surface area (Å²) in [7, 11) is 0. The van der Waals surface area contributed by atoms with Gasteiger partial charge < -0.3 is 5.32 Å². The molecule has 0 bridgehead atoms. The van der Waals surface area contributed by atoms with E-state index in [0.29, 0.717) is 45.1 Å². The van der Waals surface area contributed by atoms with Crippen molar-refractivity contribution in [1.29, 1.82) is 0 Å². The SMILES string of the molecule is CC#Cc1cccc2nc([C@H](C)NC(=O)c3c(C)nn4cccnc34)c(-c3ccccc3)c(=O)n12. The number of fused-ring (bicyclic) bond motifs is 2. The van der Waals surface area contributed by atoms with Gasteiger partial charge in [0, 0.05) is 12.4 Å². The van der Waals surface area contributed by atoms with Crippen LogP contribution < -0.4 is 10.9 Å². The lowest BCUT2D eigenvalue weighted by molar-refractivity contribution is 0.0940. The molecule has 5 aromatic rings. The molecule has 0 aliphatic heterocycles. The summed E-state index contributed by atoms with van der Waals surface area (Å²) in [4.78, 5) is 36.3. The third-order valence-corrected chi connectivity index (χ3v) is 5.75. The van der Waals surface area contributed by atoms with Crippen LogP contribution >= 0.6 is 0 Å². The van der Waals surface area contributed by atoms with Crippen molar-refractivity contribution in [1.82, 2.24) is 29.3 Å². The van der Waals surface area contributed by atoms with Crippen LogP contribution in [0.25, 0.3) is 22.4 Å².